The van der Waals surface area contributed by atoms with E-state index in [0.717, 1.165) is 0 Å². The van der Waals surface area contributed by atoms with E-state index < -0.39 is 0 Å². The van der Waals surface area contributed by atoms with Crippen molar-refractivity contribution in [1.29, 1.82) is 0 Å². The van der Waals surface area contributed by atoms with Crippen LogP contribution in [0.25, 0.3) is 0 Å². The molecule has 0 amide bonds. The molecular weight excluding hydrogens is 204 g/mol. The van der Waals surface area contributed by atoms with E-state index in [2.05, 4.69) is 46.4 Å². The van der Waals surface area contributed by atoms with Crippen LogP contribution in [0.15, 0.2) is 36.0 Å². The van der Waals surface area contributed by atoms with Gasteiger partial charge in [0.15, 0.2) is 0 Å². The Morgan fingerprint density at radius 3 is 1.35 bits per heavy atom. The van der Waals surface area contributed by atoms with Crippen LogP contribution in [-0.4, -0.2) is 0 Å². The normalized spacial score (nSPS) is 13.2. The molecular formula is C17H32. The van der Waals surface area contributed by atoms with Gasteiger partial charge in [-0.3, -0.25) is 0 Å². The highest BCUT2D eigenvalue weighted by Crippen LogP contribution is 2.21. The van der Waals surface area contributed by atoms with Gasteiger partial charge in [0.2, 0.25) is 0 Å². The Balaban J connectivity index is 0. The molecule has 0 fully saturated rings. The van der Waals surface area contributed by atoms with Gasteiger partial charge in [-0.15, -0.1) is 6.58 Å². The summed E-state index contributed by atoms with van der Waals surface area (Å²) < 4.78 is 0. The average molecular weight is 236 g/mol. The third-order valence-corrected chi connectivity index (χ3v) is 2.73. The van der Waals surface area contributed by atoms with Crippen molar-refractivity contribution in [1.82, 2.24) is 0 Å². The van der Waals surface area contributed by atoms with Crippen LogP contribution >= 0.6 is 0 Å². The maximum Gasteiger partial charge on any atom is -0.0280 e. The fourth-order valence-electron chi connectivity index (χ4n) is 1.31. The maximum atomic E-state index is 3.36. The van der Waals surface area contributed by atoms with Gasteiger partial charge in [-0.05, 0) is 32.6 Å². The lowest BCUT2D eigenvalue weighted by atomic mass is 9.96. The number of hydrogen-bond donors (Lipinski definition) is 0. The van der Waals surface area contributed by atoms with Gasteiger partial charge in [0.05, 0.1) is 0 Å². The first-order chi connectivity index (χ1) is 8.19. The van der Waals surface area contributed by atoms with E-state index in [0.29, 0.717) is 0 Å². The Morgan fingerprint density at radius 1 is 0.941 bits per heavy atom. The monoisotopic (exact) mass is 236 g/mol. The minimum atomic E-state index is 1.23. The lowest BCUT2D eigenvalue weighted by Gasteiger charge is -2.11. The molecule has 0 N–H and O–H groups in total. The maximum absolute atomic E-state index is 3.36. The van der Waals surface area contributed by atoms with E-state index in [4.69, 9.17) is 0 Å². The van der Waals surface area contributed by atoms with E-state index in [1.807, 2.05) is 6.92 Å². The van der Waals surface area contributed by atoms with Gasteiger partial charge in [-0.1, -0.05) is 69.9 Å². The smallest absolute Gasteiger partial charge is 0.0280 e. The number of rotatable bonds is 3. The second kappa shape index (κ2) is 15.2. The van der Waals surface area contributed by atoms with Gasteiger partial charge in [-0.2, -0.15) is 0 Å². The van der Waals surface area contributed by atoms with E-state index in [9.17, 15) is 0 Å². The zero-order valence-corrected chi connectivity index (χ0v) is 12.7. The quantitative estimate of drug-likeness (QED) is 0.494. The topological polar surface area (TPSA) is 0 Å². The number of unbranched alkanes of at least 4 members (excludes halogenated alkanes) is 1. The summed E-state index contributed by atoms with van der Waals surface area (Å²) in [5.74, 6) is 0. The molecule has 0 saturated heterocycles. The summed E-state index contributed by atoms with van der Waals surface area (Å²) in [6, 6.07) is 0. The first-order valence-electron chi connectivity index (χ1n) is 7.14. The Hall–Kier alpha value is -0.780. The zero-order chi connectivity index (χ0) is 13.5. The largest absolute Gasteiger partial charge is 0.103 e. The molecule has 0 saturated carbocycles. The summed E-state index contributed by atoms with van der Waals surface area (Å²) in [5, 5.41) is 0. The summed E-state index contributed by atoms with van der Waals surface area (Å²) in [6.07, 6.45) is 14.0. The zero-order valence-electron chi connectivity index (χ0n) is 12.7. The van der Waals surface area contributed by atoms with Crippen LogP contribution in [0.3, 0.4) is 0 Å². The van der Waals surface area contributed by atoms with Crippen molar-refractivity contribution in [3.63, 3.8) is 0 Å². The van der Waals surface area contributed by atoms with Gasteiger partial charge in [-0.25, -0.2) is 0 Å². The van der Waals surface area contributed by atoms with Crippen LogP contribution in [0.2, 0.25) is 0 Å². The summed E-state index contributed by atoms with van der Waals surface area (Å²) >= 11 is 0. The lowest BCUT2D eigenvalue weighted by Crippen LogP contribution is -1.91. The Kier molecular flexibility index (Phi) is 16.6. The van der Waals surface area contributed by atoms with Crippen LogP contribution in [0.5, 0.6) is 0 Å². The van der Waals surface area contributed by atoms with Gasteiger partial charge in [0, 0.05) is 0 Å². The van der Waals surface area contributed by atoms with E-state index in [-0.39, 0.29) is 0 Å². The number of allylic oxidation sites excluding steroid dienone is 5. The fraction of sp³-hybridized carbons (Fsp3) is 0.647. The predicted molar refractivity (Wildman–Crippen MR) is 82.4 cm³/mol. The molecule has 1 aliphatic rings. The molecule has 0 unspecified atom stereocenters. The molecule has 0 nitrogen and oxygen atoms in total. The Labute approximate surface area is 110 Å². The minimum Gasteiger partial charge on any atom is -0.103 e. The second-order valence-electron chi connectivity index (χ2n) is 4.27. The molecule has 100 valence electrons. The summed E-state index contributed by atoms with van der Waals surface area (Å²) in [6.45, 7) is 14.1. The van der Waals surface area contributed by atoms with Crippen LogP contribution in [0, 0.1) is 0 Å². The van der Waals surface area contributed by atoms with Crippen LogP contribution in [0.1, 0.15) is 73.1 Å². The first kappa shape index (κ1) is 18.6. The molecule has 0 radical (unpaired) electrons. The molecule has 0 heterocycles. The minimum absolute atomic E-state index is 1.23. The van der Waals surface area contributed by atoms with Gasteiger partial charge >= 0.3 is 0 Å². The highest BCUT2D eigenvalue weighted by atomic mass is 14.1. The first-order valence-corrected chi connectivity index (χ1v) is 7.14. The van der Waals surface area contributed by atoms with Crippen molar-refractivity contribution in [2.24, 2.45) is 0 Å². The van der Waals surface area contributed by atoms with Crippen molar-refractivity contribution in [3.8, 4) is 0 Å². The molecule has 17 heavy (non-hydrogen) atoms. The summed E-state index contributed by atoms with van der Waals surface area (Å²) in [5.41, 5.74) is 3.22. The highest BCUT2D eigenvalue weighted by molar-refractivity contribution is 5.23. The van der Waals surface area contributed by atoms with Crippen molar-refractivity contribution < 1.29 is 0 Å². The fourth-order valence-corrected chi connectivity index (χ4v) is 1.31. The van der Waals surface area contributed by atoms with Gasteiger partial charge in [0.25, 0.3) is 0 Å². The predicted octanol–water partition coefficient (Wildman–Crippen LogP) is 6.45. The lowest BCUT2D eigenvalue weighted by molar-refractivity contribution is 0.824. The highest BCUT2D eigenvalue weighted by Gasteiger charge is 2.01. The molecule has 0 aromatic carbocycles. The Bertz CT molecular complexity index is 196. The SMILES string of the molecule is C=CC.CCC1=CC=C(CC)CC1.CCCC. The number of hydrogen-bond acceptors (Lipinski definition) is 0. The molecule has 0 spiro atoms. The standard InChI is InChI=1S/C10H16.C4H10.C3H6/c1-3-9-5-7-10(4-2)8-6-9;1-3-4-2;1-3-2/h5,7H,3-4,6,8H2,1-2H3;3-4H2,1-2H3;3H,1H2,2H3. The molecule has 1 rings (SSSR count). The second-order valence-corrected chi connectivity index (χ2v) is 4.27. The summed E-state index contributed by atoms with van der Waals surface area (Å²) in [4.78, 5) is 0. The molecule has 0 aromatic heterocycles. The molecule has 0 aliphatic heterocycles. The van der Waals surface area contributed by atoms with Crippen molar-refractivity contribution in [2.45, 2.75) is 73.1 Å². The van der Waals surface area contributed by atoms with Crippen LogP contribution in [-0.2, 0) is 0 Å². The van der Waals surface area contributed by atoms with E-state index >= 15 is 0 Å². The molecule has 0 heteroatoms. The van der Waals surface area contributed by atoms with Gasteiger partial charge < -0.3 is 0 Å². The van der Waals surface area contributed by atoms with Crippen LogP contribution < -0.4 is 0 Å². The van der Waals surface area contributed by atoms with Gasteiger partial charge in [0.1, 0.15) is 0 Å². The third kappa shape index (κ3) is 13.2. The van der Waals surface area contributed by atoms with E-state index in [1.54, 1.807) is 17.2 Å². The van der Waals surface area contributed by atoms with E-state index in [1.165, 1.54) is 38.5 Å². The molecule has 0 atom stereocenters. The van der Waals surface area contributed by atoms with Crippen molar-refractivity contribution in [3.05, 3.63) is 36.0 Å². The molecule has 1 aliphatic carbocycles. The van der Waals surface area contributed by atoms with Crippen molar-refractivity contribution >= 4 is 0 Å². The van der Waals surface area contributed by atoms with Crippen molar-refractivity contribution in [2.75, 3.05) is 0 Å². The molecule has 0 bridgehead atoms. The average Bonchev–Trinajstić information content (AvgIpc) is 2.40. The summed E-state index contributed by atoms with van der Waals surface area (Å²) in [7, 11) is 0. The Morgan fingerprint density at radius 2 is 1.24 bits per heavy atom. The van der Waals surface area contributed by atoms with Crippen LogP contribution in [0.4, 0.5) is 0 Å². The molecule has 0 aromatic rings. The third-order valence-electron chi connectivity index (χ3n) is 2.73.